The summed E-state index contributed by atoms with van der Waals surface area (Å²) in [6, 6.07) is 0. The maximum atomic E-state index is 11.2. The van der Waals surface area contributed by atoms with Crippen LogP contribution < -0.4 is 0 Å². The van der Waals surface area contributed by atoms with E-state index in [0.29, 0.717) is 0 Å². The van der Waals surface area contributed by atoms with Crippen molar-refractivity contribution in [2.75, 3.05) is 6.54 Å². The second-order valence-electron chi connectivity index (χ2n) is 4.83. The minimum absolute atomic E-state index is 0.142. The summed E-state index contributed by atoms with van der Waals surface area (Å²) >= 11 is 40.6. The van der Waals surface area contributed by atoms with E-state index in [9.17, 15) is 9.59 Å². The van der Waals surface area contributed by atoms with Crippen LogP contribution in [-0.4, -0.2) is 52.0 Å². The fraction of sp³-hybridized carbons (Fsp3) is 0.600. The molecular weight excluding hydrogens is 476 g/mol. The van der Waals surface area contributed by atoms with E-state index in [0.717, 1.165) is 5.06 Å². The van der Waals surface area contributed by atoms with E-state index in [-0.39, 0.29) is 16.4 Å². The molecule has 1 aliphatic rings. The van der Waals surface area contributed by atoms with E-state index in [4.69, 9.17) is 96.3 Å². The maximum Gasteiger partial charge on any atom is 0.424 e. The topological polar surface area (TPSA) is 90.3 Å². The fourth-order valence-electron chi connectivity index (χ4n) is 1.91. The molecule has 1 rings (SSSR count). The summed E-state index contributed by atoms with van der Waals surface area (Å²) in [6.07, 6.45) is -4.04. The molecular formula is C10H9Cl7N2O5. The Balaban J connectivity index is 3.39. The average molecular weight is 485 g/mol. The first-order chi connectivity index (χ1) is 10.6. The van der Waals surface area contributed by atoms with E-state index >= 15 is 0 Å². The predicted molar refractivity (Wildman–Crippen MR) is 92.2 cm³/mol. The Bertz CT molecular complexity index is 559. The average Bonchev–Trinajstić information content (AvgIpc) is 2.49. The number of amides is 2. The van der Waals surface area contributed by atoms with E-state index in [2.05, 4.69) is 0 Å². The van der Waals surface area contributed by atoms with E-state index < -0.39 is 37.7 Å². The standard InChI is InChI=1S/C10H9Cl7N2O5/c1-8(2-9(12,13)14)4(11)5(19(6(20)21)7(22)23)24-18(8)3-10(15,16)17/h2-3H2,1H3,(H,20,21)(H,22,23). The minimum Gasteiger partial charge on any atom is -0.464 e. The van der Waals surface area contributed by atoms with Crippen LogP contribution in [0, 0.1) is 0 Å². The van der Waals surface area contributed by atoms with Gasteiger partial charge in [-0.1, -0.05) is 81.2 Å². The van der Waals surface area contributed by atoms with Crippen molar-refractivity contribution >= 4 is 93.4 Å². The fourth-order valence-corrected chi connectivity index (χ4v) is 3.29. The van der Waals surface area contributed by atoms with Gasteiger partial charge >= 0.3 is 12.2 Å². The van der Waals surface area contributed by atoms with Crippen molar-refractivity contribution in [1.29, 1.82) is 0 Å². The van der Waals surface area contributed by atoms with Gasteiger partial charge in [0.1, 0.15) is 5.03 Å². The summed E-state index contributed by atoms with van der Waals surface area (Å²) < 4.78 is -3.73. The number of nitrogens with zero attached hydrogens (tertiary/aromatic N) is 2. The summed E-state index contributed by atoms with van der Waals surface area (Å²) in [6.45, 7) is 0.976. The van der Waals surface area contributed by atoms with Crippen LogP contribution >= 0.6 is 81.2 Å². The Morgan fingerprint density at radius 1 is 1.12 bits per heavy atom. The van der Waals surface area contributed by atoms with E-state index in [1.807, 2.05) is 0 Å². The number of hydrogen-bond acceptors (Lipinski definition) is 4. The summed E-state index contributed by atoms with van der Waals surface area (Å²) in [5.74, 6) is -0.720. The number of hydroxylamine groups is 2. The molecule has 2 amide bonds. The zero-order chi connectivity index (χ0) is 19.1. The molecule has 0 radical (unpaired) electrons. The van der Waals surface area contributed by atoms with Crippen molar-refractivity contribution in [3.63, 3.8) is 0 Å². The molecule has 0 aromatic rings. The van der Waals surface area contributed by atoms with Crippen molar-refractivity contribution in [2.45, 2.75) is 26.5 Å². The molecule has 14 heteroatoms. The number of carboxylic acid groups (broad SMARTS) is 2. The third-order valence-corrected chi connectivity index (χ3v) is 4.19. The molecule has 0 aliphatic carbocycles. The van der Waals surface area contributed by atoms with Crippen LogP contribution in [0.2, 0.25) is 0 Å². The van der Waals surface area contributed by atoms with Gasteiger partial charge in [0.2, 0.25) is 3.79 Å². The molecule has 0 aromatic heterocycles. The quantitative estimate of drug-likeness (QED) is 0.535. The van der Waals surface area contributed by atoms with Crippen LogP contribution in [-0.2, 0) is 4.84 Å². The zero-order valence-corrected chi connectivity index (χ0v) is 16.9. The minimum atomic E-state index is -1.88. The number of imide groups is 1. The predicted octanol–water partition coefficient (Wildman–Crippen LogP) is 5.19. The van der Waals surface area contributed by atoms with Gasteiger partial charge in [-0.3, -0.25) is 0 Å². The summed E-state index contributed by atoms with van der Waals surface area (Å²) in [5.41, 5.74) is -1.48. The normalized spacial score (nSPS) is 22.5. The first-order valence-corrected chi connectivity index (χ1v) is 8.48. The van der Waals surface area contributed by atoms with Crippen molar-refractivity contribution in [3.05, 3.63) is 10.9 Å². The largest absolute Gasteiger partial charge is 0.464 e. The molecule has 138 valence electrons. The highest BCUT2D eigenvalue weighted by Gasteiger charge is 2.54. The molecule has 1 aliphatic heterocycles. The number of halogens is 7. The second-order valence-corrected chi connectivity index (χ2v) is 10.2. The smallest absolute Gasteiger partial charge is 0.424 e. The summed E-state index contributed by atoms with van der Waals surface area (Å²) in [7, 11) is 0. The molecule has 1 unspecified atom stereocenters. The molecule has 1 heterocycles. The van der Waals surface area contributed by atoms with Gasteiger partial charge in [0, 0.05) is 6.42 Å². The zero-order valence-electron chi connectivity index (χ0n) is 11.6. The highest BCUT2D eigenvalue weighted by molar-refractivity contribution is 6.68. The van der Waals surface area contributed by atoms with Crippen LogP contribution in [0.25, 0.3) is 0 Å². The highest BCUT2D eigenvalue weighted by atomic mass is 35.6. The van der Waals surface area contributed by atoms with Gasteiger partial charge in [0.05, 0.1) is 12.1 Å². The highest BCUT2D eigenvalue weighted by Crippen LogP contribution is 2.49. The lowest BCUT2D eigenvalue weighted by Gasteiger charge is -2.36. The van der Waals surface area contributed by atoms with Crippen LogP contribution in [0.1, 0.15) is 13.3 Å². The molecule has 24 heavy (non-hydrogen) atoms. The molecule has 2 N–H and O–H groups in total. The first kappa shape index (κ1) is 22.3. The lowest BCUT2D eigenvalue weighted by Crippen LogP contribution is -2.48. The van der Waals surface area contributed by atoms with E-state index in [1.54, 1.807) is 0 Å². The van der Waals surface area contributed by atoms with Crippen LogP contribution in [0.4, 0.5) is 9.59 Å². The lowest BCUT2D eigenvalue weighted by molar-refractivity contribution is -0.161. The van der Waals surface area contributed by atoms with Crippen molar-refractivity contribution in [1.82, 2.24) is 9.96 Å². The Labute approximate surface area is 171 Å². The first-order valence-electron chi connectivity index (χ1n) is 5.84. The third kappa shape index (κ3) is 5.38. The van der Waals surface area contributed by atoms with Crippen molar-refractivity contribution in [2.24, 2.45) is 0 Å². The number of carbonyl (C=O) groups is 2. The van der Waals surface area contributed by atoms with Gasteiger partial charge in [-0.05, 0) is 6.92 Å². The molecule has 0 spiro atoms. The van der Waals surface area contributed by atoms with Crippen LogP contribution in [0.3, 0.4) is 0 Å². The number of alkyl halides is 6. The Morgan fingerprint density at radius 3 is 1.92 bits per heavy atom. The maximum absolute atomic E-state index is 11.2. The molecule has 1 atom stereocenters. The monoisotopic (exact) mass is 482 g/mol. The number of rotatable bonds is 3. The van der Waals surface area contributed by atoms with Gasteiger partial charge in [0.15, 0.2) is 3.79 Å². The van der Waals surface area contributed by atoms with Crippen molar-refractivity contribution < 1.29 is 24.6 Å². The Hall–Kier alpha value is 0.270. The Morgan fingerprint density at radius 2 is 1.58 bits per heavy atom. The van der Waals surface area contributed by atoms with Crippen molar-refractivity contribution in [3.8, 4) is 0 Å². The van der Waals surface area contributed by atoms with Gasteiger partial charge < -0.3 is 15.1 Å². The summed E-state index contributed by atoms with van der Waals surface area (Å²) in [4.78, 5) is 27.4. The molecule has 7 nitrogen and oxygen atoms in total. The third-order valence-electron chi connectivity index (χ3n) is 2.86. The van der Waals surface area contributed by atoms with Crippen LogP contribution in [0.5, 0.6) is 0 Å². The molecule has 0 fully saturated rings. The second kappa shape index (κ2) is 7.48. The lowest BCUT2D eigenvalue weighted by atomic mass is 9.98. The van der Waals surface area contributed by atoms with Gasteiger partial charge in [-0.15, -0.1) is 9.96 Å². The van der Waals surface area contributed by atoms with Crippen LogP contribution in [0.15, 0.2) is 10.9 Å². The molecule has 0 bridgehead atoms. The molecule has 0 saturated carbocycles. The number of hydrogen-bond donors (Lipinski definition) is 2. The Kier molecular flexibility index (Phi) is 6.96. The summed E-state index contributed by atoms with van der Waals surface area (Å²) in [5, 5.41) is 18.7. The molecule has 0 saturated heterocycles. The van der Waals surface area contributed by atoms with E-state index in [1.165, 1.54) is 6.92 Å². The molecule has 0 aromatic carbocycles. The van der Waals surface area contributed by atoms with Gasteiger partial charge in [0.25, 0.3) is 5.88 Å². The SMILES string of the molecule is CC1(CC(Cl)(Cl)Cl)C(Cl)=C(N(C(=O)O)C(=O)O)ON1CC(Cl)(Cl)Cl. The van der Waals surface area contributed by atoms with Gasteiger partial charge in [-0.25, -0.2) is 9.59 Å². The van der Waals surface area contributed by atoms with Gasteiger partial charge in [-0.2, -0.15) is 0 Å².